The molecule has 6 heteroatoms. The molecule has 0 spiro atoms. The lowest BCUT2D eigenvalue weighted by molar-refractivity contribution is 0.112. The number of aldehydes is 1. The Morgan fingerprint density at radius 2 is 1.36 bits per heavy atom. The van der Waals surface area contributed by atoms with Gasteiger partial charge < -0.3 is 10.8 Å². The Morgan fingerprint density at radius 3 is 1.96 bits per heavy atom. The van der Waals surface area contributed by atoms with Gasteiger partial charge in [0.1, 0.15) is 12.0 Å². The van der Waals surface area contributed by atoms with Crippen LogP contribution in [0.1, 0.15) is 10.4 Å². The van der Waals surface area contributed by atoms with Crippen LogP contribution in [0.4, 0.5) is 5.69 Å². The van der Waals surface area contributed by atoms with Crippen molar-refractivity contribution in [3.63, 3.8) is 0 Å². The Labute approximate surface area is 161 Å². The molecular weight excluding hydrogens is 352 g/mol. The number of aromatic nitrogens is 3. The summed E-state index contributed by atoms with van der Waals surface area (Å²) in [5, 5.41) is 10.3. The van der Waals surface area contributed by atoms with E-state index in [1.54, 1.807) is 36.4 Å². The van der Waals surface area contributed by atoms with Crippen molar-refractivity contribution in [1.29, 1.82) is 0 Å². The normalized spacial score (nSPS) is 10.6. The third kappa shape index (κ3) is 3.43. The van der Waals surface area contributed by atoms with E-state index < -0.39 is 0 Å². The molecule has 0 fully saturated rings. The zero-order chi connectivity index (χ0) is 19.5. The number of phenolic OH excluding ortho intramolecular Hbond substituents is 1. The number of hydrogen-bond acceptors (Lipinski definition) is 6. The quantitative estimate of drug-likeness (QED) is 0.417. The maximum atomic E-state index is 10.9. The Bertz CT molecular complexity index is 1140. The Kier molecular flexibility index (Phi) is 4.51. The number of benzene rings is 3. The minimum Gasteiger partial charge on any atom is -0.507 e. The van der Waals surface area contributed by atoms with Crippen molar-refractivity contribution >= 4 is 12.0 Å². The molecule has 0 radical (unpaired) electrons. The van der Waals surface area contributed by atoms with Crippen LogP contribution < -0.4 is 5.73 Å². The van der Waals surface area contributed by atoms with Crippen LogP contribution in [0, 0.1) is 0 Å². The number of carbonyl (C=O) groups is 1. The Morgan fingerprint density at radius 1 is 0.750 bits per heavy atom. The van der Waals surface area contributed by atoms with Crippen LogP contribution in [-0.2, 0) is 0 Å². The number of nitrogens with zero attached hydrogens (tertiary/aromatic N) is 3. The van der Waals surface area contributed by atoms with Crippen LogP contribution in [0.5, 0.6) is 5.75 Å². The van der Waals surface area contributed by atoms with Gasteiger partial charge in [-0.1, -0.05) is 54.6 Å². The van der Waals surface area contributed by atoms with Crippen LogP contribution in [-0.4, -0.2) is 26.3 Å². The van der Waals surface area contributed by atoms with Crippen LogP contribution in [0.2, 0.25) is 0 Å². The number of anilines is 1. The summed E-state index contributed by atoms with van der Waals surface area (Å²) in [7, 11) is 0. The predicted octanol–water partition coefficient (Wildman–Crippen LogP) is 3.97. The van der Waals surface area contributed by atoms with Crippen molar-refractivity contribution < 1.29 is 9.90 Å². The fourth-order valence-electron chi connectivity index (χ4n) is 2.79. The summed E-state index contributed by atoms with van der Waals surface area (Å²) in [6.45, 7) is 0. The number of aromatic hydroxyl groups is 1. The zero-order valence-electron chi connectivity index (χ0n) is 14.8. The van der Waals surface area contributed by atoms with E-state index in [0.717, 1.165) is 17.4 Å². The zero-order valence-corrected chi connectivity index (χ0v) is 14.8. The standard InChI is InChI=1S/C22H16N4O2/c23-17-10-11-18(19(28)12-17)22-25-20(15-4-2-1-3-5-15)24-21(26-22)16-8-6-14(13-27)7-9-16/h1-13,28H,23H2. The number of carbonyl (C=O) groups excluding carboxylic acids is 1. The molecule has 0 atom stereocenters. The molecule has 0 aliphatic rings. The SMILES string of the molecule is Nc1ccc(-c2nc(-c3ccccc3)nc(-c3ccc(C=O)cc3)n2)c(O)c1. The summed E-state index contributed by atoms with van der Waals surface area (Å²) >= 11 is 0. The first-order valence-electron chi connectivity index (χ1n) is 8.60. The topological polar surface area (TPSA) is 102 Å². The van der Waals surface area contributed by atoms with Crippen LogP contribution in [0.25, 0.3) is 34.2 Å². The van der Waals surface area contributed by atoms with Crippen molar-refractivity contribution in [3.05, 3.63) is 78.4 Å². The van der Waals surface area contributed by atoms with E-state index in [1.807, 2.05) is 30.3 Å². The summed E-state index contributed by atoms with van der Waals surface area (Å²) in [5.74, 6) is 1.25. The highest BCUT2D eigenvalue weighted by Gasteiger charge is 2.14. The number of nitrogens with two attached hydrogens (primary N) is 1. The third-order valence-electron chi connectivity index (χ3n) is 4.24. The van der Waals surface area contributed by atoms with Crippen LogP contribution in [0.15, 0.2) is 72.8 Å². The van der Waals surface area contributed by atoms with Gasteiger partial charge in [-0.05, 0) is 12.1 Å². The lowest BCUT2D eigenvalue weighted by atomic mass is 10.1. The molecule has 28 heavy (non-hydrogen) atoms. The lowest BCUT2D eigenvalue weighted by Gasteiger charge is -2.09. The fourth-order valence-corrected chi connectivity index (χ4v) is 2.79. The molecule has 4 rings (SSSR count). The molecule has 0 saturated heterocycles. The van der Waals surface area contributed by atoms with Crippen molar-refractivity contribution in [2.24, 2.45) is 0 Å². The van der Waals surface area contributed by atoms with Crippen LogP contribution >= 0.6 is 0 Å². The summed E-state index contributed by atoms with van der Waals surface area (Å²) in [5.41, 5.74) is 8.77. The summed E-state index contributed by atoms with van der Waals surface area (Å²) in [6.07, 6.45) is 0.782. The minimum atomic E-state index is -0.00698. The van der Waals surface area contributed by atoms with Crippen molar-refractivity contribution in [1.82, 2.24) is 15.0 Å². The molecule has 4 aromatic rings. The molecule has 0 amide bonds. The van der Waals surface area contributed by atoms with Gasteiger partial charge in [0, 0.05) is 28.4 Å². The van der Waals surface area contributed by atoms with E-state index in [-0.39, 0.29) is 5.75 Å². The molecule has 6 nitrogen and oxygen atoms in total. The van der Waals surface area contributed by atoms with Gasteiger partial charge in [0.25, 0.3) is 0 Å². The number of phenols is 1. The first-order valence-corrected chi connectivity index (χ1v) is 8.60. The van der Waals surface area contributed by atoms with E-state index in [1.165, 1.54) is 6.07 Å². The van der Waals surface area contributed by atoms with Gasteiger partial charge in [0.2, 0.25) is 0 Å². The van der Waals surface area contributed by atoms with Gasteiger partial charge in [0.05, 0.1) is 5.56 Å². The van der Waals surface area contributed by atoms with E-state index in [0.29, 0.717) is 34.3 Å². The van der Waals surface area contributed by atoms with Crippen LogP contribution in [0.3, 0.4) is 0 Å². The Hall–Kier alpha value is -4.06. The monoisotopic (exact) mass is 368 g/mol. The maximum absolute atomic E-state index is 10.9. The molecular formula is C22H16N4O2. The number of rotatable bonds is 4. The second kappa shape index (κ2) is 7.28. The molecule has 1 aromatic heterocycles. The fraction of sp³-hybridized carbons (Fsp3) is 0. The molecule has 0 aliphatic heterocycles. The highest BCUT2D eigenvalue weighted by atomic mass is 16.3. The molecule has 3 aromatic carbocycles. The van der Waals surface area contributed by atoms with Gasteiger partial charge in [-0.25, -0.2) is 15.0 Å². The lowest BCUT2D eigenvalue weighted by Crippen LogP contribution is -2.00. The average Bonchev–Trinajstić information content (AvgIpc) is 2.74. The van der Waals surface area contributed by atoms with Crippen molar-refractivity contribution in [2.75, 3.05) is 5.73 Å². The molecule has 1 heterocycles. The minimum absolute atomic E-state index is 0.00698. The van der Waals surface area contributed by atoms with Gasteiger partial charge in [0.15, 0.2) is 17.5 Å². The van der Waals surface area contributed by atoms with Gasteiger partial charge >= 0.3 is 0 Å². The van der Waals surface area contributed by atoms with Gasteiger partial charge in [-0.2, -0.15) is 0 Å². The highest BCUT2D eigenvalue weighted by Crippen LogP contribution is 2.31. The molecule has 136 valence electrons. The molecule has 0 bridgehead atoms. The third-order valence-corrected chi connectivity index (χ3v) is 4.24. The van der Waals surface area contributed by atoms with Gasteiger partial charge in [-0.15, -0.1) is 0 Å². The molecule has 0 saturated carbocycles. The van der Waals surface area contributed by atoms with E-state index in [2.05, 4.69) is 15.0 Å². The van der Waals surface area contributed by atoms with Crippen molar-refractivity contribution in [3.8, 4) is 39.9 Å². The smallest absolute Gasteiger partial charge is 0.167 e. The largest absolute Gasteiger partial charge is 0.507 e. The summed E-state index contributed by atoms with van der Waals surface area (Å²) in [4.78, 5) is 24.6. The first kappa shape index (κ1) is 17.4. The summed E-state index contributed by atoms with van der Waals surface area (Å²) in [6, 6.07) is 21.3. The first-order chi connectivity index (χ1) is 13.6. The number of nitrogen functional groups attached to an aromatic ring is 1. The second-order valence-electron chi connectivity index (χ2n) is 6.19. The number of hydrogen-bond donors (Lipinski definition) is 2. The second-order valence-corrected chi connectivity index (χ2v) is 6.19. The molecule has 3 N–H and O–H groups in total. The van der Waals surface area contributed by atoms with E-state index in [9.17, 15) is 9.90 Å². The highest BCUT2D eigenvalue weighted by molar-refractivity contribution is 5.77. The van der Waals surface area contributed by atoms with E-state index >= 15 is 0 Å². The summed E-state index contributed by atoms with van der Waals surface area (Å²) < 4.78 is 0. The predicted molar refractivity (Wildman–Crippen MR) is 108 cm³/mol. The van der Waals surface area contributed by atoms with E-state index in [4.69, 9.17) is 5.73 Å². The average molecular weight is 368 g/mol. The molecule has 0 aliphatic carbocycles. The van der Waals surface area contributed by atoms with Gasteiger partial charge in [-0.3, -0.25) is 4.79 Å². The maximum Gasteiger partial charge on any atom is 0.167 e. The Balaban J connectivity index is 1.91. The molecule has 0 unspecified atom stereocenters. The van der Waals surface area contributed by atoms with Crippen molar-refractivity contribution in [2.45, 2.75) is 0 Å².